The van der Waals surface area contributed by atoms with Gasteiger partial charge in [-0.1, -0.05) is 32.6 Å². The van der Waals surface area contributed by atoms with Crippen molar-refractivity contribution >= 4 is 11.9 Å². The summed E-state index contributed by atoms with van der Waals surface area (Å²) in [4.78, 5) is 25.5. The molecule has 4 nitrogen and oxygen atoms in total. The van der Waals surface area contributed by atoms with Crippen molar-refractivity contribution < 1.29 is 19.1 Å². The molecule has 2 saturated carbocycles. The molecule has 3 aliphatic rings. The highest BCUT2D eigenvalue weighted by atomic mass is 16.7. The van der Waals surface area contributed by atoms with E-state index in [0.717, 1.165) is 32.1 Å². The molecular weight excluding hydrogens is 268 g/mol. The van der Waals surface area contributed by atoms with E-state index < -0.39 is 11.2 Å². The van der Waals surface area contributed by atoms with Gasteiger partial charge in [-0.2, -0.15) is 0 Å². The van der Waals surface area contributed by atoms with Crippen LogP contribution in [0.5, 0.6) is 0 Å². The van der Waals surface area contributed by atoms with E-state index in [-0.39, 0.29) is 17.9 Å². The van der Waals surface area contributed by atoms with E-state index in [4.69, 9.17) is 9.47 Å². The van der Waals surface area contributed by atoms with Crippen LogP contribution in [0.15, 0.2) is 0 Å². The molecule has 1 aliphatic heterocycles. The molecule has 2 aliphatic carbocycles. The SMILES string of the molecule is CCC[C@H]1CC2(C(=O)OC(C)(C)OC2=O)[C@@H]2CCCC[C@H]12. The molecule has 3 atom stereocenters. The number of ether oxygens (including phenoxy) is 2. The standard InChI is InChI=1S/C17H26O4/c1-4-7-11-10-17(13-9-6-5-8-12(11)13)14(18)20-16(2,3)21-15(17)19/h11-13H,4-10H2,1-3H3/t11-,12+,13+/m0/s1. The van der Waals surface area contributed by atoms with Crippen molar-refractivity contribution in [1.29, 1.82) is 0 Å². The summed E-state index contributed by atoms with van der Waals surface area (Å²) in [5, 5.41) is 0. The summed E-state index contributed by atoms with van der Waals surface area (Å²) < 4.78 is 11.0. The Labute approximate surface area is 126 Å². The molecule has 118 valence electrons. The Hall–Kier alpha value is -1.06. The van der Waals surface area contributed by atoms with E-state index in [0.29, 0.717) is 18.3 Å². The largest absolute Gasteiger partial charge is 0.422 e. The number of hydrogen-bond donors (Lipinski definition) is 0. The monoisotopic (exact) mass is 294 g/mol. The van der Waals surface area contributed by atoms with Crippen LogP contribution in [0.25, 0.3) is 0 Å². The molecule has 0 aromatic rings. The van der Waals surface area contributed by atoms with Gasteiger partial charge in [-0.05, 0) is 37.0 Å². The minimum Gasteiger partial charge on any atom is -0.422 e. The van der Waals surface area contributed by atoms with Crippen LogP contribution in [-0.4, -0.2) is 17.7 Å². The molecule has 0 N–H and O–H groups in total. The molecule has 4 heteroatoms. The summed E-state index contributed by atoms with van der Waals surface area (Å²) in [6.45, 7) is 5.43. The van der Waals surface area contributed by atoms with Crippen molar-refractivity contribution in [1.82, 2.24) is 0 Å². The summed E-state index contributed by atoms with van der Waals surface area (Å²) >= 11 is 0. The molecule has 0 bridgehead atoms. The van der Waals surface area contributed by atoms with E-state index in [1.807, 2.05) is 0 Å². The van der Waals surface area contributed by atoms with Gasteiger partial charge in [-0.3, -0.25) is 9.59 Å². The van der Waals surface area contributed by atoms with Crippen molar-refractivity contribution in [2.45, 2.75) is 71.5 Å². The highest BCUT2D eigenvalue weighted by molar-refractivity contribution is 6.02. The first kappa shape index (κ1) is 14.9. The Morgan fingerprint density at radius 1 is 1.10 bits per heavy atom. The number of hydrogen-bond acceptors (Lipinski definition) is 4. The number of carbonyl (C=O) groups is 2. The molecule has 3 rings (SSSR count). The predicted octanol–water partition coefficient (Wildman–Crippen LogP) is 3.44. The maximum atomic E-state index is 12.7. The summed E-state index contributed by atoms with van der Waals surface area (Å²) in [5.41, 5.74) is -1.01. The molecule has 21 heavy (non-hydrogen) atoms. The fraction of sp³-hybridized carbons (Fsp3) is 0.882. The quantitative estimate of drug-likeness (QED) is 0.578. The lowest BCUT2D eigenvalue weighted by molar-refractivity contribution is -0.255. The molecule has 0 unspecified atom stereocenters. The number of esters is 2. The topological polar surface area (TPSA) is 52.6 Å². The van der Waals surface area contributed by atoms with Gasteiger partial charge in [-0.15, -0.1) is 0 Å². The Bertz CT molecular complexity index is 434. The van der Waals surface area contributed by atoms with Crippen LogP contribution in [-0.2, 0) is 19.1 Å². The predicted molar refractivity (Wildman–Crippen MR) is 77.2 cm³/mol. The molecule has 1 heterocycles. The first-order chi connectivity index (χ1) is 9.90. The molecule has 3 fully saturated rings. The smallest absolute Gasteiger partial charge is 0.327 e. The number of rotatable bonds is 2. The first-order valence-corrected chi connectivity index (χ1v) is 8.37. The average Bonchev–Trinajstić information content (AvgIpc) is 2.73. The van der Waals surface area contributed by atoms with E-state index >= 15 is 0 Å². The minimum atomic E-state index is -1.12. The van der Waals surface area contributed by atoms with Crippen LogP contribution < -0.4 is 0 Å². The number of fused-ring (bicyclic) bond motifs is 2. The highest BCUT2D eigenvalue weighted by Crippen LogP contribution is 2.60. The van der Waals surface area contributed by atoms with E-state index in [1.54, 1.807) is 13.8 Å². The number of cyclic esters (lactones) is 2. The van der Waals surface area contributed by atoms with Crippen LogP contribution in [0.3, 0.4) is 0 Å². The Morgan fingerprint density at radius 3 is 2.33 bits per heavy atom. The molecule has 0 aromatic heterocycles. The summed E-state index contributed by atoms with van der Waals surface area (Å²) in [6, 6.07) is 0. The van der Waals surface area contributed by atoms with Gasteiger partial charge >= 0.3 is 11.9 Å². The third kappa shape index (κ3) is 2.18. The zero-order valence-electron chi connectivity index (χ0n) is 13.3. The first-order valence-electron chi connectivity index (χ1n) is 8.37. The summed E-state index contributed by atoms with van der Waals surface area (Å²) in [5.74, 6) is -0.717. The van der Waals surface area contributed by atoms with Gasteiger partial charge in [0.1, 0.15) is 0 Å². The third-order valence-electron chi connectivity index (χ3n) is 5.71. The van der Waals surface area contributed by atoms with Crippen LogP contribution >= 0.6 is 0 Å². The summed E-state index contributed by atoms with van der Waals surface area (Å²) in [6.07, 6.45) is 7.23. The fourth-order valence-corrected chi connectivity index (χ4v) is 4.94. The Balaban J connectivity index is 1.95. The second kappa shape index (κ2) is 4.99. The Morgan fingerprint density at radius 2 is 1.71 bits per heavy atom. The van der Waals surface area contributed by atoms with Gasteiger partial charge in [0, 0.05) is 13.8 Å². The van der Waals surface area contributed by atoms with Crippen LogP contribution in [0.1, 0.15) is 65.7 Å². The van der Waals surface area contributed by atoms with E-state index in [1.165, 1.54) is 6.42 Å². The normalized spacial score (nSPS) is 37.0. The Kier molecular flexibility index (Phi) is 3.53. The van der Waals surface area contributed by atoms with Gasteiger partial charge in [0.05, 0.1) is 0 Å². The minimum absolute atomic E-state index is 0.124. The van der Waals surface area contributed by atoms with Crippen molar-refractivity contribution in [3.8, 4) is 0 Å². The van der Waals surface area contributed by atoms with Crippen LogP contribution in [0.4, 0.5) is 0 Å². The maximum absolute atomic E-state index is 12.7. The second-order valence-corrected chi connectivity index (χ2v) is 7.46. The zero-order valence-corrected chi connectivity index (χ0v) is 13.3. The number of carbonyl (C=O) groups excluding carboxylic acids is 2. The molecule has 0 amide bonds. The highest BCUT2D eigenvalue weighted by Gasteiger charge is 2.67. The van der Waals surface area contributed by atoms with Gasteiger partial charge in [0.25, 0.3) is 5.79 Å². The second-order valence-electron chi connectivity index (χ2n) is 7.46. The van der Waals surface area contributed by atoms with Crippen molar-refractivity contribution in [3.63, 3.8) is 0 Å². The van der Waals surface area contributed by atoms with E-state index in [2.05, 4.69) is 6.92 Å². The summed E-state index contributed by atoms with van der Waals surface area (Å²) in [7, 11) is 0. The zero-order chi connectivity index (χ0) is 15.3. The van der Waals surface area contributed by atoms with Gasteiger partial charge in [0.15, 0.2) is 5.41 Å². The lowest BCUT2D eigenvalue weighted by atomic mass is 9.68. The van der Waals surface area contributed by atoms with Crippen molar-refractivity contribution in [3.05, 3.63) is 0 Å². The average molecular weight is 294 g/mol. The molecule has 1 saturated heterocycles. The third-order valence-corrected chi connectivity index (χ3v) is 5.71. The lowest BCUT2D eigenvalue weighted by Crippen LogP contribution is -2.56. The lowest BCUT2D eigenvalue weighted by Gasteiger charge is -2.42. The van der Waals surface area contributed by atoms with E-state index in [9.17, 15) is 9.59 Å². The molecule has 0 aromatic carbocycles. The molecular formula is C17H26O4. The maximum Gasteiger partial charge on any atom is 0.327 e. The van der Waals surface area contributed by atoms with Gasteiger partial charge in [0.2, 0.25) is 0 Å². The van der Waals surface area contributed by atoms with Gasteiger partial charge in [-0.25, -0.2) is 0 Å². The van der Waals surface area contributed by atoms with Crippen molar-refractivity contribution in [2.24, 2.45) is 23.2 Å². The molecule has 0 radical (unpaired) electrons. The van der Waals surface area contributed by atoms with Gasteiger partial charge < -0.3 is 9.47 Å². The van der Waals surface area contributed by atoms with Crippen LogP contribution in [0, 0.1) is 23.2 Å². The fourth-order valence-electron chi connectivity index (χ4n) is 4.94. The van der Waals surface area contributed by atoms with Crippen molar-refractivity contribution in [2.75, 3.05) is 0 Å². The molecule has 1 spiro atoms. The van der Waals surface area contributed by atoms with Crippen LogP contribution in [0.2, 0.25) is 0 Å².